The Bertz CT molecular complexity index is 1680. The van der Waals surface area contributed by atoms with Crippen molar-refractivity contribution in [2.24, 2.45) is 0 Å². The molecule has 2 N–H and O–H groups in total. The lowest BCUT2D eigenvalue weighted by Gasteiger charge is -2.25. The second-order valence-corrected chi connectivity index (χ2v) is 11.3. The second-order valence-electron chi connectivity index (χ2n) is 9.68. The number of H-pyrrole nitrogens is 1. The topological polar surface area (TPSA) is 144 Å². The number of likely N-dealkylation sites (tertiary alicyclic amines) is 1. The van der Waals surface area contributed by atoms with E-state index in [9.17, 15) is 18.0 Å². The van der Waals surface area contributed by atoms with E-state index >= 15 is 4.39 Å². The summed E-state index contributed by atoms with van der Waals surface area (Å²) in [6.45, 7) is 0.170. The molecule has 1 saturated heterocycles. The normalized spacial score (nSPS) is 15.9. The first-order valence-corrected chi connectivity index (χ1v) is 14.8. The average molecular weight is 582 g/mol. The molecule has 13 heteroatoms. The Balaban J connectivity index is 1.36. The van der Waals surface area contributed by atoms with Crippen molar-refractivity contribution in [3.05, 3.63) is 78.0 Å². The Hall–Kier alpha value is -4.36. The minimum absolute atomic E-state index is 0.141. The van der Waals surface area contributed by atoms with Gasteiger partial charge in [-0.2, -0.15) is 8.42 Å². The van der Waals surface area contributed by atoms with Crippen LogP contribution in [0, 0.1) is 5.82 Å². The first-order valence-electron chi connectivity index (χ1n) is 13.0. The summed E-state index contributed by atoms with van der Waals surface area (Å²) in [5.74, 6) is -0.589. The number of halogens is 1. The minimum Gasteiger partial charge on any atom is -0.457 e. The van der Waals surface area contributed by atoms with Crippen LogP contribution in [0.3, 0.4) is 0 Å². The van der Waals surface area contributed by atoms with Crippen molar-refractivity contribution in [3.63, 3.8) is 0 Å². The van der Waals surface area contributed by atoms with Gasteiger partial charge in [0.1, 0.15) is 41.7 Å². The molecule has 3 heterocycles. The predicted molar refractivity (Wildman–Crippen MR) is 149 cm³/mol. The molecule has 2 aromatic heterocycles. The van der Waals surface area contributed by atoms with E-state index in [0.29, 0.717) is 35.6 Å². The number of para-hydroxylation sites is 1. The maximum atomic E-state index is 15.1. The number of rotatable bonds is 9. The highest BCUT2D eigenvalue weighted by atomic mass is 32.2. The van der Waals surface area contributed by atoms with Crippen molar-refractivity contribution >= 4 is 38.7 Å². The number of carbonyl (C=O) groups is 2. The molecule has 2 aromatic carbocycles. The van der Waals surface area contributed by atoms with Crippen molar-refractivity contribution in [3.8, 4) is 11.5 Å². The molecule has 5 rings (SSSR count). The van der Waals surface area contributed by atoms with Gasteiger partial charge in [0, 0.05) is 31.4 Å². The molecule has 214 valence electrons. The average Bonchev–Trinajstić information content (AvgIpc) is 3.25. The summed E-state index contributed by atoms with van der Waals surface area (Å²) in [6.07, 6.45) is 5.94. The van der Waals surface area contributed by atoms with E-state index in [4.69, 9.17) is 4.74 Å². The zero-order valence-electron chi connectivity index (χ0n) is 22.2. The van der Waals surface area contributed by atoms with E-state index < -0.39 is 34.2 Å². The van der Waals surface area contributed by atoms with Crippen LogP contribution < -0.4 is 10.1 Å². The highest BCUT2D eigenvalue weighted by Gasteiger charge is 2.26. The summed E-state index contributed by atoms with van der Waals surface area (Å²) < 4.78 is 48.1. The molecular weight excluding hydrogens is 553 g/mol. The maximum absolute atomic E-state index is 15.1. The van der Waals surface area contributed by atoms with Crippen LogP contribution >= 0.6 is 0 Å². The first kappa shape index (κ1) is 28.2. The number of nitrogens with one attached hydrogen (secondary N) is 2. The summed E-state index contributed by atoms with van der Waals surface area (Å²) in [4.78, 5) is 39.2. The van der Waals surface area contributed by atoms with Gasteiger partial charge in [0.05, 0.1) is 22.8 Å². The molecule has 4 aromatic rings. The van der Waals surface area contributed by atoms with Crippen LogP contribution in [0.25, 0.3) is 11.0 Å². The summed E-state index contributed by atoms with van der Waals surface area (Å²) in [5.41, 5.74) is 0.429. The number of amides is 1. The fourth-order valence-electron chi connectivity index (χ4n) is 4.69. The quantitative estimate of drug-likeness (QED) is 0.222. The number of fused-ring (bicyclic) bond motifs is 1. The van der Waals surface area contributed by atoms with Crippen LogP contribution in [0.2, 0.25) is 0 Å². The first-order chi connectivity index (χ1) is 19.7. The monoisotopic (exact) mass is 581 g/mol. The Labute approximate surface area is 235 Å². The smallest absolute Gasteiger partial charge is 0.264 e. The molecule has 11 nitrogen and oxygen atoms in total. The maximum Gasteiger partial charge on any atom is 0.264 e. The fourth-order valence-corrected chi connectivity index (χ4v) is 5.01. The zero-order chi connectivity index (χ0) is 29.0. The number of benzene rings is 2. The number of hydrogen-bond donors (Lipinski definition) is 2. The number of nitrogens with zero attached hydrogens (tertiary/aromatic N) is 3. The van der Waals surface area contributed by atoms with E-state index in [1.165, 1.54) is 24.7 Å². The summed E-state index contributed by atoms with van der Waals surface area (Å²) >= 11 is 0. The SMILES string of the molecule is CS(=O)(=O)OCC(=O)N1CCCCC(Nc2ncnc3[nH]cc(C(=O)c4ccc(Oc5ccccc5)cc4F)c23)C1. The van der Waals surface area contributed by atoms with Crippen molar-refractivity contribution in [1.29, 1.82) is 0 Å². The molecule has 0 radical (unpaired) electrons. The van der Waals surface area contributed by atoms with Crippen LogP contribution in [0.15, 0.2) is 61.1 Å². The highest BCUT2D eigenvalue weighted by Crippen LogP contribution is 2.29. The van der Waals surface area contributed by atoms with Gasteiger partial charge in [0.2, 0.25) is 5.91 Å². The summed E-state index contributed by atoms with van der Waals surface area (Å²) in [7, 11) is -3.75. The van der Waals surface area contributed by atoms with Gasteiger partial charge in [-0.1, -0.05) is 18.2 Å². The molecular formula is C28H28FN5O6S. The standard InChI is InChI=1S/C28H28FN5O6S/c1-41(37,38)39-16-24(35)34-12-6-5-7-18(15-34)33-28-25-22(14-30-27(25)31-17-32-28)26(36)21-11-10-20(13-23(21)29)40-19-8-3-2-4-9-19/h2-4,8-11,13-14,17-18H,5-7,12,15-16H2,1H3,(H2,30,31,32,33). The molecule has 0 saturated carbocycles. The molecule has 41 heavy (non-hydrogen) atoms. The highest BCUT2D eigenvalue weighted by molar-refractivity contribution is 7.86. The minimum atomic E-state index is -3.75. The molecule has 0 aliphatic carbocycles. The predicted octanol–water partition coefficient (Wildman–Crippen LogP) is 3.89. The van der Waals surface area contributed by atoms with E-state index in [1.807, 2.05) is 6.07 Å². The van der Waals surface area contributed by atoms with E-state index in [0.717, 1.165) is 25.2 Å². The Morgan fingerprint density at radius 1 is 1.10 bits per heavy atom. The third-order valence-electron chi connectivity index (χ3n) is 6.64. The molecule has 1 aliphatic heterocycles. The van der Waals surface area contributed by atoms with Gasteiger partial charge < -0.3 is 19.9 Å². The molecule has 1 atom stereocenters. The zero-order valence-corrected chi connectivity index (χ0v) is 23.0. The Kier molecular flexibility index (Phi) is 8.26. The lowest BCUT2D eigenvalue weighted by atomic mass is 10.0. The van der Waals surface area contributed by atoms with Crippen LogP contribution in [0.4, 0.5) is 10.2 Å². The number of aromatic amines is 1. The molecule has 0 spiro atoms. The summed E-state index contributed by atoms with van der Waals surface area (Å²) in [6, 6.07) is 12.7. The largest absolute Gasteiger partial charge is 0.457 e. The van der Waals surface area contributed by atoms with Crippen LogP contribution in [-0.2, 0) is 19.1 Å². The van der Waals surface area contributed by atoms with Crippen molar-refractivity contribution in [1.82, 2.24) is 19.9 Å². The van der Waals surface area contributed by atoms with Crippen LogP contribution in [-0.4, -0.2) is 72.0 Å². The van der Waals surface area contributed by atoms with Crippen molar-refractivity contribution in [2.45, 2.75) is 25.3 Å². The van der Waals surface area contributed by atoms with Crippen LogP contribution in [0.5, 0.6) is 11.5 Å². The van der Waals surface area contributed by atoms with Crippen molar-refractivity contribution < 1.29 is 31.3 Å². The number of anilines is 1. The number of ketones is 1. The molecule has 1 aliphatic rings. The van der Waals surface area contributed by atoms with E-state index in [1.54, 1.807) is 29.2 Å². The lowest BCUT2D eigenvalue weighted by molar-refractivity contribution is -0.133. The molecule has 1 fully saturated rings. The number of ether oxygens (including phenoxy) is 1. The molecule has 1 amide bonds. The fraction of sp³-hybridized carbons (Fsp3) is 0.286. The van der Waals surface area contributed by atoms with E-state index in [2.05, 4.69) is 24.5 Å². The van der Waals surface area contributed by atoms with Gasteiger partial charge >= 0.3 is 0 Å². The number of carbonyl (C=O) groups excluding carboxylic acids is 2. The molecule has 1 unspecified atom stereocenters. The van der Waals surface area contributed by atoms with Crippen molar-refractivity contribution in [2.75, 3.05) is 31.3 Å². The van der Waals surface area contributed by atoms with Gasteiger partial charge in [-0.05, 0) is 43.5 Å². The van der Waals surface area contributed by atoms with Gasteiger partial charge in [-0.15, -0.1) is 0 Å². The summed E-state index contributed by atoms with van der Waals surface area (Å²) in [5, 5.41) is 3.71. The van der Waals surface area contributed by atoms with Gasteiger partial charge in [-0.3, -0.25) is 13.8 Å². The van der Waals surface area contributed by atoms with E-state index in [-0.39, 0.29) is 29.5 Å². The third-order valence-corrected chi connectivity index (χ3v) is 7.19. The second kappa shape index (κ2) is 12.0. The third kappa shape index (κ3) is 6.87. The van der Waals surface area contributed by atoms with Gasteiger partial charge in [-0.25, -0.2) is 14.4 Å². The molecule has 0 bridgehead atoms. The number of aromatic nitrogens is 3. The lowest BCUT2D eigenvalue weighted by Crippen LogP contribution is -2.41. The number of hydrogen-bond acceptors (Lipinski definition) is 9. The van der Waals surface area contributed by atoms with Crippen LogP contribution in [0.1, 0.15) is 35.2 Å². The Morgan fingerprint density at radius 2 is 1.90 bits per heavy atom. The van der Waals surface area contributed by atoms with Gasteiger partial charge in [0.15, 0.2) is 5.78 Å². The Morgan fingerprint density at radius 3 is 2.66 bits per heavy atom. The van der Waals surface area contributed by atoms with Gasteiger partial charge in [0.25, 0.3) is 10.1 Å².